The van der Waals surface area contributed by atoms with Gasteiger partial charge in [0.05, 0.1) is 18.8 Å². The van der Waals surface area contributed by atoms with Crippen LogP contribution in [0.1, 0.15) is 54.4 Å². The van der Waals surface area contributed by atoms with Crippen LogP contribution < -0.4 is 5.32 Å². The molecule has 1 saturated heterocycles. The molecule has 1 fully saturated rings. The monoisotopic (exact) mass is 397 g/mol. The Kier molecular flexibility index (Phi) is 6.82. The van der Waals surface area contributed by atoms with Crippen molar-refractivity contribution in [3.05, 3.63) is 59.5 Å². The number of hydrogen-bond acceptors (Lipinski definition) is 5. The molecule has 1 unspecified atom stereocenters. The number of carbonyl (C=O) groups excluding carboxylic acids is 3. The highest BCUT2D eigenvalue weighted by Crippen LogP contribution is 2.20. The quantitative estimate of drug-likeness (QED) is 0.658. The Labute approximate surface area is 170 Å². The SMILES string of the molecule is CCN(CC)C(CNC(=O)c1ccc(CN2C(=O)CCC2=O)cc1)c1ccco1. The van der Waals surface area contributed by atoms with E-state index in [9.17, 15) is 14.4 Å². The number of benzene rings is 1. The van der Waals surface area contributed by atoms with Crippen molar-refractivity contribution in [3.8, 4) is 0 Å². The molecule has 0 spiro atoms. The van der Waals surface area contributed by atoms with Gasteiger partial charge < -0.3 is 9.73 Å². The van der Waals surface area contributed by atoms with Crippen molar-refractivity contribution >= 4 is 17.7 Å². The minimum absolute atomic E-state index is 0.0320. The second-order valence-corrected chi connectivity index (χ2v) is 7.03. The number of furan rings is 1. The zero-order valence-electron chi connectivity index (χ0n) is 16.9. The van der Waals surface area contributed by atoms with Gasteiger partial charge in [0.15, 0.2) is 0 Å². The molecule has 3 rings (SSSR count). The van der Waals surface area contributed by atoms with Crippen LogP contribution in [0.5, 0.6) is 0 Å². The fraction of sp³-hybridized carbons (Fsp3) is 0.409. The van der Waals surface area contributed by atoms with E-state index in [0.29, 0.717) is 12.1 Å². The molecule has 0 bridgehead atoms. The smallest absolute Gasteiger partial charge is 0.251 e. The maximum Gasteiger partial charge on any atom is 0.251 e. The van der Waals surface area contributed by atoms with E-state index in [0.717, 1.165) is 24.4 Å². The summed E-state index contributed by atoms with van der Waals surface area (Å²) < 4.78 is 5.56. The minimum atomic E-state index is -0.173. The molecule has 3 amide bonds. The fourth-order valence-electron chi connectivity index (χ4n) is 3.59. The second kappa shape index (κ2) is 9.52. The summed E-state index contributed by atoms with van der Waals surface area (Å²) in [7, 11) is 0. The van der Waals surface area contributed by atoms with Crippen LogP contribution in [-0.2, 0) is 16.1 Å². The standard InChI is InChI=1S/C22H27N3O4/c1-3-24(4-2)18(19-6-5-13-29-19)14-23-22(28)17-9-7-16(8-10-17)15-25-20(26)11-12-21(25)27/h5-10,13,18H,3-4,11-12,14-15H2,1-2H3,(H,23,28). The van der Waals surface area contributed by atoms with Gasteiger partial charge in [-0.25, -0.2) is 0 Å². The van der Waals surface area contributed by atoms with Gasteiger partial charge in [0.25, 0.3) is 5.91 Å². The average molecular weight is 397 g/mol. The topological polar surface area (TPSA) is 82.9 Å². The normalized spacial score (nSPS) is 15.2. The van der Waals surface area contributed by atoms with E-state index in [4.69, 9.17) is 4.42 Å². The van der Waals surface area contributed by atoms with E-state index in [1.165, 1.54) is 4.90 Å². The third-order valence-electron chi connectivity index (χ3n) is 5.29. The lowest BCUT2D eigenvalue weighted by Crippen LogP contribution is -2.37. The lowest BCUT2D eigenvalue weighted by molar-refractivity contribution is -0.139. The van der Waals surface area contributed by atoms with Gasteiger partial charge in [-0.1, -0.05) is 26.0 Å². The number of likely N-dealkylation sites (N-methyl/N-ethyl adjacent to an activating group) is 1. The Hall–Kier alpha value is -2.93. The maximum absolute atomic E-state index is 12.6. The maximum atomic E-state index is 12.6. The van der Waals surface area contributed by atoms with Crippen LogP contribution in [0.2, 0.25) is 0 Å². The first kappa shape index (κ1) is 20.8. The summed E-state index contributed by atoms with van der Waals surface area (Å²) in [5.41, 5.74) is 1.35. The molecular weight excluding hydrogens is 370 g/mol. The molecule has 0 aliphatic carbocycles. The van der Waals surface area contributed by atoms with Crippen molar-refractivity contribution in [2.45, 2.75) is 39.3 Å². The molecule has 1 aliphatic rings. The zero-order valence-corrected chi connectivity index (χ0v) is 16.9. The molecule has 0 radical (unpaired) electrons. The molecule has 7 heteroatoms. The summed E-state index contributed by atoms with van der Waals surface area (Å²) in [6, 6.07) is 10.7. The van der Waals surface area contributed by atoms with Crippen LogP contribution in [-0.4, -0.2) is 47.2 Å². The average Bonchev–Trinajstić information content (AvgIpc) is 3.37. The molecule has 1 aromatic heterocycles. The molecule has 2 heterocycles. The predicted molar refractivity (Wildman–Crippen MR) is 108 cm³/mol. The number of imide groups is 1. The molecule has 7 nitrogen and oxygen atoms in total. The second-order valence-electron chi connectivity index (χ2n) is 7.03. The summed E-state index contributed by atoms with van der Waals surface area (Å²) in [5, 5.41) is 2.98. The highest BCUT2D eigenvalue weighted by molar-refractivity contribution is 6.01. The Balaban J connectivity index is 1.61. The van der Waals surface area contributed by atoms with Crippen LogP contribution in [0.3, 0.4) is 0 Å². The Morgan fingerprint density at radius 1 is 1.10 bits per heavy atom. The lowest BCUT2D eigenvalue weighted by Gasteiger charge is -2.28. The van der Waals surface area contributed by atoms with E-state index in [1.807, 2.05) is 12.1 Å². The third-order valence-corrected chi connectivity index (χ3v) is 5.29. The van der Waals surface area contributed by atoms with E-state index < -0.39 is 0 Å². The number of nitrogens with zero attached hydrogens (tertiary/aromatic N) is 2. The first-order valence-corrected chi connectivity index (χ1v) is 10.0. The van der Waals surface area contributed by atoms with Gasteiger partial charge in [0.2, 0.25) is 11.8 Å². The molecular formula is C22H27N3O4. The fourth-order valence-corrected chi connectivity index (χ4v) is 3.59. The molecule has 0 saturated carbocycles. The van der Waals surface area contributed by atoms with E-state index >= 15 is 0 Å². The first-order chi connectivity index (χ1) is 14.0. The zero-order chi connectivity index (χ0) is 20.8. The Bertz CT molecular complexity index is 825. The van der Waals surface area contributed by atoms with Crippen LogP contribution in [0.25, 0.3) is 0 Å². The van der Waals surface area contributed by atoms with Gasteiger partial charge in [0, 0.05) is 24.9 Å². The highest BCUT2D eigenvalue weighted by atomic mass is 16.3. The van der Waals surface area contributed by atoms with Gasteiger partial charge in [-0.15, -0.1) is 0 Å². The van der Waals surface area contributed by atoms with Crippen molar-refractivity contribution in [2.75, 3.05) is 19.6 Å². The number of likely N-dealkylation sites (tertiary alicyclic amines) is 1. The summed E-state index contributed by atoms with van der Waals surface area (Å²) in [4.78, 5) is 39.6. The third kappa shape index (κ3) is 4.92. The molecule has 2 aromatic rings. The van der Waals surface area contributed by atoms with Crippen molar-refractivity contribution in [2.24, 2.45) is 0 Å². The summed E-state index contributed by atoms with van der Waals surface area (Å²) >= 11 is 0. The van der Waals surface area contributed by atoms with Gasteiger partial charge in [-0.05, 0) is 42.9 Å². The van der Waals surface area contributed by atoms with E-state index in [2.05, 4.69) is 24.1 Å². The molecule has 29 heavy (non-hydrogen) atoms. The first-order valence-electron chi connectivity index (χ1n) is 10.0. The van der Waals surface area contributed by atoms with Crippen LogP contribution in [0, 0.1) is 0 Å². The van der Waals surface area contributed by atoms with Crippen molar-refractivity contribution in [1.82, 2.24) is 15.1 Å². The molecule has 1 N–H and O–H groups in total. The van der Waals surface area contributed by atoms with Crippen molar-refractivity contribution < 1.29 is 18.8 Å². The molecule has 1 aromatic carbocycles. The molecule has 1 atom stereocenters. The summed E-state index contributed by atoms with van der Waals surface area (Å²) in [6.45, 7) is 6.54. The predicted octanol–water partition coefficient (Wildman–Crippen LogP) is 2.74. The van der Waals surface area contributed by atoms with Crippen LogP contribution in [0.4, 0.5) is 0 Å². The van der Waals surface area contributed by atoms with E-state index in [1.54, 1.807) is 30.5 Å². The number of hydrogen-bond donors (Lipinski definition) is 1. The highest BCUT2D eigenvalue weighted by Gasteiger charge is 2.28. The lowest BCUT2D eigenvalue weighted by atomic mass is 10.1. The summed E-state index contributed by atoms with van der Waals surface area (Å²) in [5.74, 6) is 0.368. The summed E-state index contributed by atoms with van der Waals surface area (Å²) in [6.07, 6.45) is 2.20. The van der Waals surface area contributed by atoms with E-state index in [-0.39, 0.29) is 43.1 Å². The largest absolute Gasteiger partial charge is 0.468 e. The van der Waals surface area contributed by atoms with Gasteiger partial charge in [-0.3, -0.25) is 24.2 Å². The van der Waals surface area contributed by atoms with Crippen molar-refractivity contribution in [3.63, 3.8) is 0 Å². The van der Waals surface area contributed by atoms with Gasteiger partial charge >= 0.3 is 0 Å². The van der Waals surface area contributed by atoms with Gasteiger partial charge in [0.1, 0.15) is 5.76 Å². The molecule has 1 aliphatic heterocycles. The minimum Gasteiger partial charge on any atom is -0.468 e. The number of rotatable bonds is 9. The van der Waals surface area contributed by atoms with Crippen LogP contribution in [0.15, 0.2) is 47.1 Å². The number of carbonyl (C=O) groups is 3. The Morgan fingerprint density at radius 3 is 2.31 bits per heavy atom. The number of nitrogens with one attached hydrogen (secondary N) is 1. The van der Waals surface area contributed by atoms with Gasteiger partial charge in [-0.2, -0.15) is 0 Å². The Morgan fingerprint density at radius 2 is 1.76 bits per heavy atom. The molecule has 154 valence electrons. The van der Waals surface area contributed by atoms with Crippen LogP contribution >= 0.6 is 0 Å². The van der Waals surface area contributed by atoms with Crippen molar-refractivity contribution in [1.29, 1.82) is 0 Å². The number of amides is 3.